The molecule has 0 saturated carbocycles. The van der Waals surface area contributed by atoms with Crippen molar-refractivity contribution in [3.8, 4) is 0 Å². The first kappa shape index (κ1) is 17.6. The molecule has 10 nitrogen and oxygen atoms in total. The molecule has 23 heavy (non-hydrogen) atoms. The predicted molar refractivity (Wildman–Crippen MR) is 82.4 cm³/mol. The van der Waals surface area contributed by atoms with Crippen molar-refractivity contribution in [2.24, 2.45) is 0 Å². The molecule has 2 aromatic rings. The van der Waals surface area contributed by atoms with Crippen molar-refractivity contribution in [3.63, 3.8) is 0 Å². The molecule has 0 saturated heterocycles. The van der Waals surface area contributed by atoms with Crippen LogP contribution in [-0.4, -0.2) is 41.9 Å². The Morgan fingerprint density at radius 2 is 2.00 bits per heavy atom. The van der Waals surface area contributed by atoms with E-state index >= 15 is 0 Å². The molecule has 0 aliphatic carbocycles. The van der Waals surface area contributed by atoms with E-state index in [1.54, 1.807) is 13.8 Å². The summed E-state index contributed by atoms with van der Waals surface area (Å²) < 4.78 is 18.0. The van der Waals surface area contributed by atoms with Crippen LogP contribution in [0.3, 0.4) is 0 Å². The smallest absolute Gasteiger partial charge is 0.371 e. The molecule has 0 atom stereocenters. The zero-order valence-electron chi connectivity index (χ0n) is 13.1. The maximum Gasteiger partial charge on any atom is 0.371 e. The van der Waals surface area contributed by atoms with Gasteiger partial charge in [0.1, 0.15) is 12.9 Å². The average molecular weight is 345 g/mol. The van der Waals surface area contributed by atoms with Gasteiger partial charge in [-0.3, -0.25) is 4.57 Å². The zero-order chi connectivity index (χ0) is 17.3. The molecule has 128 valence electrons. The number of anilines is 1. The lowest BCUT2D eigenvalue weighted by atomic mass is 10.2. The number of nitrogens with zero attached hydrogens (tertiary/aromatic N) is 4. The van der Waals surface area contributed by atoms with Gasteiger partial charge in [-0.2, -0.15) is 4.73 Å². The van der Waals surface area contributed by atoms with Gasteiger partial charge >= 0.3 is 7.60 Å². The van der Waals surface area contributed by atoms with Crippen LogP contribution in [0.1, 0.15) is 32.5 Å². The number of methoxy groups -OCH3 is 1. The molecule has 4 N–H and O–H groups in total. The number of nitrogen functional groups attached to an aromatic ring is 1. The topological polar surface area (TPSA) is 146 Å². The molecule has 0 aliphatic rings. The quantitative estimate of drug-likeness (QED) is 0.616. The summed E-state index contributed by atoms with van der Waals surface area (Å²) in [4.78, 5) is 37.3. The van der Waals surface area contributed by atoms with Crippen molar-refractivity contribution in [1.82, 2.24) is 19.7 Å². The van der Waals surface area contributed by atoms with Crippen molar-refractivity contribution in [2.75, 3.05) is 12.8 Å². The van der Waals surface area contributed by atoms with E-state index < -0.39 is 12.9 Å². The van der Waals surface area contributed by atoms with Crippen LogP contribution < -0.4 is 10.6 Å². The third-order valence-electron chi connectivity index (χ3n) is 3.62. The Morgan fingerprint density at radius 1 is 1.35 bits per heavy atom. The van der Waals surface area contributed by atoms with Crippen LogP contribution in [0.2, 0.25) is 0 Å². The molecule has 0 fully saturated rings. The zero-order valence-corrected chi connectivity index (χ0v) is 14.0. The Bertz CT molecular complexity index is 739. The fourth-order valence-corrected chi connectivity index (χ4v) is 3.26. The highest BCUT2D eigenvalue weighted by Gasteiger charge is 2.47. The van der Waals surface area contributed by atoms with Gasteiger partial charge in [0.05, 0.1) is 0 Å². The fourth-order valence-electron chi connectivity index (χ4n) is 2.24. The number of aromatic nitrogens is 4. The van der Waals surface area contributed by atoms with Crippen LogP contribution in [-0.2, 0) is 15.9 Å². The molecular formula is C12H20N5O5P. The van der Waals surface area contributed by atoms with Gasteiger partial charge in [0.25, 0.3) is 0 Å². The molecule has 2 heterocycles. The standard InChI is InChI=1S/C12H20N5O5P/c1-4-12(5-2,23(18,19)20)22-17-7-14-9-10(13)15-8(6-21-3)16-11(9)17/h7H,4-6H2,1-3H3,(H2,13,15,16)(H2,18,19,20). The fraction of sp³-hybridized carbons (Fsp3) is 0.583. The largest absolute Gasteiger partial charge is 0.391 e. The first-order chi connectivity index (χ1) is 10.8. The Labute approximate surface area is 132 Å². The van der Waals surface area contributed by atoms with Crippen LogP contribution in [0, 0.1) is 0 Å². The minimum Gasteiger partial charge on any atom is -0.391 e. The lowest BCUT2D eigenvalue weighted by molar-refractivity contribution is -0.0128. The molecule has 2 rings (SSSR count). The van der Waals surface area contributed by atoms with Crippen LogP contribution in [0.25, 0.3) is 11.2 Å². The summed E-state index contributed by atoms with van der Waals surface area (Å²) >= 11 is 0. The molecule has 11 heteroatoms. The molecule has 0 bridgehead atoms. The Kier molecular flexibility index (Phi) is 4.90. The summed E-state index contributed by atoms with van der Waals surface area (Å²) in [5.41, 5.74) is 6.34. The van der Waals surface area contributed by atoms with Gasteiger partial charge in [-0.25, -0.2) is 15.0 Å². The predicted octanol–water partition coefficient (Wildman–Crippen LogP) is 0.677. The summed E-state index contributed by atoms with van der Waals surface area (Å²) in [6, 6.07) is 0. The van der Waals surface area contributed by atoms with Gasteiger partial charge < -0.3 is 25.1 Å². The molecule has 0 aliphatic heterocycles. The van der Waals surface area contributed by atoms with E-state index in [4.69, 9.17) is 15.3 Å². The van der Waals surface area contributed by atoms with Gasteiger partial charge in [0, 0.05) is 7.11 Å². The maximum absolute atomic E-state index is 11.9. The van der Waals surface area contributed by atoms with E-state index in [1.807, 2.05) is 0 Å². The van der Waals surface area contributed by atoms with Crippen molar-refractivity contribution >= 4 is 24.6 Å². The summed E-state index contributed by atoms with van der Waals surface area (Å²) in [5.74, 6) is 0.455. The second-order valence-electron chi connectivity index (χ2n) is 4.99. The van der Waals surface area contributed by atoms with E-state index in [9.17, 15) is 14.4 Å². The Balaban J connectivity index is 2.53. The molecule has 0 radical (unpaired) electrons. The SMILES string of the molecule is CCC(CC)(On1cnc2c(N)nc(COC)nc21)P(=O)(O)O. The summed E-state index contributed by atoms with van der Waals surface area (Å²) in [5, 5.41) is -1.66. The summed E-state index contributed by atoms with van der Waals surface area (Å²) in [7, 11) is -3.04. The van der Waals surface area contributed by atoms with Crippen LogP contribution in [0.4, 0.5) is 5.82 Å². The number of imidazole rings is 1. The highest BCUT2D eigenvalue weighted by atomic mass is 31.2. The van der Waals surface area contributed by atoms with E-state index in [2.05, 4.69) is 15.0 Å². The highest BCUT2D eigenvalue weighted by Crippen LogP contribution is 2.53. The molecule has 0 unspecified atom stereocenters. The Morgan fingerprint density at radius 3 is 2.52 bits per heavy atom. The van der Waals surface area contributed by atoms with Crippen molar-refractivity contribution < 1.29 is 23.9 Å². The number of hydrogen-bond donors (Lipinski definition) is 3. The lowest BCUT2D eigenvalue weighted by Gasteiger charge is -2.32. The van der Waals surface area contributed by atoms with Gasteiger partial charge in [0.15, 0.2) is 17.2 Å². The van der Waals surface area contributed by atoms with Crippen molar-refractivity contribution in [2.45, 2.75) is 38.6 Å². The second-order valence-corrected chi connectivity index (χ2v) is 6.89. The van der Waals surface area contributed by atoms with Gasteiger partial charge in [-0.1, -0.05) is 13.8 Å². The number of nitrogens with two attached hydrogens (primary N) is 1. The van der Waals surface area contributed by atoms with E-state index in [0.29, 0.717) is 5.82 Å². The van der Waals surface area contributed by atoms with Crippen LogP contribution in [0.5, 0.6) is 0 Å². The number of ether oxygens (including phenoxy) is 1. The minimum absolute atomic E-state index is 0.110. The maximum atomic E-state index is 11.9. The third-order valence-corrected chi connectivity index (χ3v) is 5.39. The molecule has 0 amide bonds. The van der Waals surface area contributed by atoms with Crippen LogP contribution >= 0.6 is 7.60 Å². The lowest BCUT2D eigenvalue weighted by Crippen LogP contribution is -2.39. The highest BCUT2D eigenvalue weighted by molar-refractivity contribution is 7.53. The number of fused-ring (bicyclic) bond motifs is 1. The van der Waals surface area contributed by atoms with Crippen LogP contribution in [0.15, 0.2) is 6.33 Å². The van der Waals surface area contributed by atoms with Crippen molar-refractivity contribution in [3.05, 3.63) is 12.2 Å². The molecule has 2 aromatic heterocycles. The van der Waals surface area contributed by atoms with E-state index in [-0.39, 0.29) is 36.4 Å². The van der Waals surface area contributed by atoms with E-state index in [1.165, 1.54) is 13.4 Å². The molecule has 0 aromatic carbocycles. The first-order valence-electron chi connectivity index (χ1n) is 7.01. The normalized spacial score (nSPS) is 12.7. The summed E-state index contributed by atoms with van der Waals surface area (Å²) in [6.45, 7) is 3.42. The molecular weight excluding hydrogens is 325 g/mol. The second kappa shape index (κ2) is 6.40. The van der Waals surface area contributed by atoms with Gasteiger partial charge in [0.2, 0.25) is 11.0 Å². The van der Waals surface area contributed by atoms with Gasteiger partial charge in [-0.15, -0.1) is 0 Å². The Hall–Kier alpha value is -1.74. The van der Waals surface area contributed by atoms with Crippen molar-refractivity contribution in [1.29, 1.82) is 0 Å². The van der Waals surface area contributed by atoms with E-state index in [0.717, 1.165) is 4.73 Å². The average Bonchev–Trinajstić information content (AvgIpc) is 2.87. The first-order valence-corrected chi connectivity index (χ1v) is 8.62. The monoisotopic (exact) mass is 345 g/mol. The number of rotatable bonds is 7. The third kappa shape index (κ3) is 3.16. The molecule has 0 spiro atoms. The number of hydrogen-bond acceptors (Lipinski definition) is 7. The minimum atomic E-state index is -4.53. The van der Waals surface area contributed by atoms with Gasteiger partial charge in [-0.05, 0) is 12.8 Å². The summed E-state index contributed by atoms with van der Waals surface area (Å²) in [6.07, 6.45) is 1.49.